The Kier molecular flexibility index (Phi) is 9.92. The van der Waals surface area contributed by atoms with Gasteiger partial charge >= 0.3 is 5.97 Å². The van der Waals surface area contributed by atoms with Gasteiger partial charge in [0, 0.05) is 17.8 Å². The fourth-order valence-corrected chi connectivity index (χ4v) is 5.26. The second-order valence-corrected chi connectivity index (χ2v) is 10.7. The number of aliphatic hydroxyl groups is 1. The van der Waals surface area contributed by atoms with Crippen LogP contribution in [0.25, 0.3) is 11.1 Å². The van der Waals surface area contributed by atoms with Gasteiger partial charge in [-0.15, -0.1) is 0 Å². The molecule has 3 aromatic carbocycles. The van der Waals surface area contributed by atoms with Crippen molar-refractivity contribution in [3.63, 3.8) is 0 Å². The standard InChI is InChI=1S/C27H29ClN2O8S/c1-16-12-25(17(2)11-22(16)28)39(35,36)30-20-6-4-5-18(13-20)19-7-8-21(24(14-19)38-10-9-37-3)26(32)29-23(15-31)27(33)34/h4-8,11-14,23,30-31H,9-10,15H2,1-3H3,(H,29,32)(H,33,34). The summed E-state index contributed by atoms with van der Waals surface area (Å²) in [6, 6.07) is 13.0. The van der Waals surface area contributed by atoms with E-state index in [0.717, 1.165) is 0 Å². The lowest BCUT2D eigenvalue weighted by Crippen LogP contribution is -2.43. The number of aryl methyl sites for hydroxylation is 2. The van der Waals surface area contributed by atoms with Crippen molar-refractivity contribution in [3.05, 3.63) is 76.3 Å². The van der Waals surface area contributed by atoms with E-state index in [9.17, 15) is 23.1 Å². The summed E-state index contributed by atoms with van der Waals surface area (Å²) in [6.45, 7) is 2.96. The highest BCUT2D eigenvalue weighted by Crippen LogP contribution is 2.31. The maximum Gasteiger partial charge on any atom is 0.328 e. The zero-order valence-corrected chi connectivity index (χ0v) is 23.1. The number of halogens is 1. The number of sulfonamides is 1. The Morgan fingerprint density at radius 2 is 1.72 bits per heavy atom. The van der Waals surface area contributed by atoms with Crippen molar-refractivity contribution in [2.75, 3.05) is 31.7 Å². The van der Waals surface area contributed by atoms with Gasteiger partial charge in [0.15, 0.2) is 6.04 Å². The smallest absolute Gasteiger partial charge is 0.328 e. The molecule has 10 nitrogen and oxygen atoms in total. The van der Waals surface area contributed by atoms with Crippen LogP contribution in [0.1, 0.15) is 21.5 Å². The van der Waals surface area contributed by atoms with Gasteiger partial charge in [0.1, 0.15) is 12.4 Å². The quantitative estimate of drug-likeness (QED) is 0.239. The zero-order chi connectivity index (χ0) is 28.7. The van der Waals surface area contributed by atoms with Crippen LogP contribution >= 0.6 is 11.6 Å². The van der Waals surface area contributed by atoms with Crippen LogP contribution in [0.5, 0.6) is 5.75 Å². The molecule has 0 fully saturated rings. The number of ether oxygens (including phenoxy) is 2. The molecule has 39 heavy (non-hydrogen) atoms. The number of aliphatic hydroxyl groups excluding tert-OH is 1. The molecule has 0 saturated heterocycles. The summed E-state index contributed by atoms with van der Waals surface area (Å²) >= 11 is 6.12. The van der Waals surface area contributed by atoms with Crippen LogP contribution in [0.3, 0.4) is 0 Å². The first-order chi connectivity index (χ1) is 18.5. The average molecular weight is 577 g/mol. The molecule has 0 saturated carbocycles. The van der Waals surface area contributed by atoms with Gasteiger partial charge in [-0.3, -0.25) is 9.52 Å². The first-order valence-corrected chi connectivity index (χ1v) is 13.6. The molecule has 3 rings (SSSR count). The van der Waals surface area contributed by atoms with Crippen molar-refractivity contribution in [3.8, 4) is 16.9 Å². The Bertz CT molecular complexity index is 1480. The third-order valence-electron chi connectivity index (χ3n) is 5.75. The molecule has 0 aliphatic heterocycles. The van der Waals surface area contributed by atoms with Gasteiger partial charge in [-0.25, -0.2) is 13.2 Å². The number of amides is 1. The lowest BCUT2D eigenvalue weighted by atomic mass is 10.0. The molecule has 0 heterocycles. The number of aliphatic carboxylic acids is 1. The first kappa shape index (κ1) is 29.9. The van der Waals surface area contributed by atoms with Crippen molar-refractivity contribution in [1.82, 2.24) is 5.32 Å². The van der Waals surface area contributed by atoms with E-state index >= 15 is 0 Å². The summed E-state index contributed by atoms with van der Waals surface area (Å²) in [5.41, 5.74) is 2.75. The van der Waals surface area contributed by atoms with E-state index in [1.165, 1.54) is 19.2 Å². The second kappa shape index (κ2) is 12.9. The van der Waals surface area contributed by atoms with Crippen LogP contribution in [0.4, 0.5) is 5.69 Å². The van der Waals surface area contributed by atoms with Crippen LogP contribution < -0.4 is 14.8 Å². The number of carboxylic acid groups (broad SMARTS) is 1. The number of carbonyl (C=O) groups excluding carboxylic acids is 1. The maximum atomic E-state index is 13.1. The van der Waals surface area contributed by atoms with Crippen molar-refractivity contribution >= 4 is 39.2 Å². The van der Waals surface area contributed by atoms with Crippen molar-refractivity contribution in [1.29, 1.82) is 0 Å². The molecule has 208 valence electrons. The minimum atomic E-state index is -3.91. The summed E-state index contributed by atoms with van der Waals surface area (Å²) in [4.78, 5) is 24.1. The fraction of sp³-hybridized carbons (Fsp3) is 0.259. The minimum Gasteiger partial charge on any atom is -0.490 e. The molecule has 0 bridgehead atoms. The predicted molar refractivity (Wildman–Crippen MR) is 147 cm³/mol. The van der Waals surface area contributed by atoms with E-state index in [0.29, 0.717) is 33.0 Å². The Labute approximate surface area is 231 Å². The molecule has 1 amide bonds. The Balaban J connectivity index is 1.94. The monoisotopic (exact) mass is 576 g/mol. The van der Waals surface area contributed by atoms with Gasteiger partial charge in [-0.1, -0.05) is 29.8 Å². The summed E-state index contributed by atoms with van der Waals surface area (Å²) in [5.74, 6) is -1.97. The summed E-state index contributed by atoms with van der Waals surface area (Å²) in [5, 5.41) is 21.1. The van der Waals surface area contributed by atoms with Gasteiger partial charge in [0.2, 0.25) is 0 Å². The second-order valence-electron chi connectivity index (χ2n) is 8.65. The topological polar surface area (TPSA) is 151 Å². The number of nitrogens with one attached hydrogen (secondary N) is 2. The normalized spacial score (nSPS) is 12.0. The number of anilines is 1. The molecule has 0 aliphatic rings. The van der Waals surface area contributed by atoms with Gasteiger partial charge in [0.05, 0.1) is 23.7 Å². The van der Waals surface area contributed by atoms with Gasteiger partial charge in [0.25, 0.3) is 15.9 Å². The number of rotatable bonds is 12. The van der Waals surface area contributed by atoms with Gasteiger partial charge in [-0.05, 0) is 72.5 Å². The number of hydrogen-bond acceptors (Lipinski definition) is 7. The Morgan fingerprint density at radius 3 is 2.38 bits per heavy atom. The summed E-state index contributed by atoms with van der Waals surface area (Å²) in [7, 11) is -2.42. The molecule has 0 aliphatic carbocycles. The number of methoxy groups -OCH3 is 1. The molecule has 0 spiro atoms. The minimum absolute atomic E-state index is 0.0555. The van der Waals surface area contributed by atoms with E-state index < -0.39 is 34.5 Å². The number of hydrogen-bond donors (Lipinski definition) is 4. The Morgan fingerprint density at radius 1 is 1.00 bits per heavy atom. The maximum absolute atomic E-state index is 13.1. The van der Waals surface area contributed by atoms with Crippen molar-refractivity contribution in [2.45, 2.75) is 24.8 Å². The number of benzene rings is 3. The SMILES string of the molecule is COCCOc1cc(-c2cccc(NS(=O)(=O)c3cc(C)c(Cl)cc3C)c2)ccc1C(=O)NC(CO)C(=O)O. The summed E-state index contributed by atoms with van der Waals surface area (Å²) in [6.07, 6.45) is 0. The molecule has 1 unspecified atom stereocenters. The van der Waals surface area contributed by atoms with E-state index in [1.54, 1.807) is 56.3 Å². The zero-order valence-electron chi connectivity index (χ0n) is 21.5. The lowest BCUT2D eigenvalue weighted by molar-refractivity contribution is -0.140. The van der Waals surface area contributed by atoms with Crippen molar-refractivity contribution < 1.29 is 37.7 Å². The van der Waals surface area contributed by atoms with E-state index in [4.69, 9.17) is 26.2 Å². The third kappa shape index (κ3) is 7.48. The molecule has 12 heteroatoms. The highest BCUT2D eigenvalue weighted by Gasteiger charge is 2.23. The van der Waals surface area contributed by atoms with E-state index in [1.807, 2.05) is 0 Å². The molecule has 1 atom stereocenters. The molecule has 3 aromatic rings. The average Bonchev–Trinajstić information content (AvgIpc) is 2.89. The van der Waals surface area contributed by atoms with E-state index in [-0.39, 0.29) is 29.4 Å². The molecule has 0 radical (unpaired) electrons. The summed E-state index contributed by atoms with van der Waals surface area (Å²) < 4.78 is 39.6. The van der Waals surface area contributed by atoms with Crippen LogP contribution in [0.2, 0.25) is 5.02 Å². The largest absolute Gasteiger partial charge is 0.490 e. The lowest BCUT2D eigenvalue weighted by Gasteiger charge is -2.16. The molecule has 4 N–H and O–H groups in total. The predicted octanol–water partition coefficient (Wildman–Crippen LogP) is 3.63. The third-order valence-corrected chi connectivity index (χ3v) is 7.68. The van der Waals surface area contributed by atoms with E-state index in [2.05, 4.69) is 10.0 Å². The first-order valence-electron chi connectivity index (χ1n) is 11.8. The number of carboxylic acids is 1. The van der Waals surface area contributed by atoms with Gasteiger partial charge < -0.3 is 25.0 Å². The molecule has 0 aromatic heterocycles. The number of carbonyl (C=O) groups is 2. The van der Waals surface area contributed by atoms with Crippen LogP contribution in [-0.2, 0) is 19.6 Å². The molecular formula is C27H29ClN2O8S. The van der Waals surface area contributed by atoms with Crippen LogP contribution in [0, 0.1) is 13.8 Å². The fourth-order valence-electron chi connectivity index (χ4n) is 3.68. The van der Waals surface area contributed by atoms with Crippen LogP contribution in [-0.4, -0.2) is 63.5 Å². The Hall–Kier alpha value is -3.64. The van der Waals surface area contributed by atoms with Gasteiger partial charge in [-0.2, -0.15) is 0 Å². The highest BCUT2D eigenvalue weighted by molar-refractivity contribution is 7.92. The highest BCUT2D eigenvalue weighted by atomic mass is 35.5. The van der Waals surface area contributed by atoms with Crippen LogP contribution in [0.15, 0.2) is 59.5 Å². The van der Waals surface area contributed by atoms with Crippen molar-refractivity contribution in [2.24, 2.45) is 0 Å². The molecular weight excluding hydrogens is 548 g/mol.